The van der Waals surface area contributed by atoms with E-state index >= 15 is 0 Å². The first-order chi connectivity index (χ1) is 17.9. The first-order valence-electron chi connectivity index (χ1n) is 11.7. The smallest absolute Gasteiger partial charge is 0.266 e. The molecule has 5 nitrogen and oxygen atoms in total. The number of allylic oxidation sites excluding steroid dienone is 1. The van der Waals surface area contributed by atoms with E-state index < -0.39 is 0 Å². The number of hydrogen-bond acceptors (Lipinski definition) is 5. The fourth-order valence-electron chi connectivity index (χ4n) is 3.77. The lowest BCUT2D eigenvalue weighted by Gasteiger charge is -2.16. The van der Waals surface area contributed by atoms with E-state index in [4.69, 9.17) is 9.47 Å². The largest absolute Gasteiger partial charge is 0.493 e. The molecule has 4 rings (SSSR count). The lowest BCUT2D eigenvalue weighted by Crippen LogP contribution is -2.28. The number of carbonyl (C=O) groups excluding carboxylic acids is 1. The molecular formula is C29H26F2N2O3S. The van der Waals surface area contributed by atoms with Gasteiger partial charge in [-0.2, -0.15) is 0 Å². The summed E-state index contributed by atoms with van der Waals surface area (Å²) in [6.45, 7) is 6.41. The van der Waals surface area contributed by atoms with Crippen molar-refractivity contribution >= 4 is 34.6 Å². The Bertz CT molecular complexity index is 1350. The molecule has 1 heterocycles. The molecule has 0 bridgehead atoms. The molecule has 0 aliphatic carbocycles. The van der Waals surface area contributed by atoms with Crippen LogP contribution >= 0.6 is 11.8 Å². The minimum Gasteiger partial charge on any atom is -0.493 e. The number of amidine groups is 1. The van der Waals surface area contributed by atoms with Crippen molar-refractivity contribution in [1.82, 2.24) is 4.90 Å². The second kappa shape index (κ2) is 11.9. The maximum Gasteiger partial charge on any atom is 0.266 e. The zero-order valence-corrected chi connectivity index (χ0v) is 21.4. The highest BCUT2D eigenvalue weighted by Crippen LogP contribution is 2.38. The van der Waals surface area contributed by atoms with Gasteiger partial charge >= 0.3 is 0 Å². The number of nitrogens with zero attached hydrogens (tertiary/aromatic N) is 2. The minimum absolute atomic E-state index is 0.158. The van der Waals surface area contributed by atoms with Crippen molar-refractivity contribution < 1.29 is 23.0 Å². The Morgan fingerprint density at radius 1 is 1.05 bits per heavy atom. The summed E-state index contributed by atoms with van der Waals surface area (Å²) in [5.74, 6) is 0.262. The highest BCUT2D eigenvalue weighted by molar-refractivity contribution is 8.18. The summed E-state index contributed by atoms with van der Waals surface area (Å²) < 4.78 is 38.2. The number of halogens is 2. The molecule has 0 aromatic heterocycles. The van der Waals surface area contributed by atoms with Crippen LogP contribution in [0.15, 0.2) is 83.2 Å². The topological polar surface area (TPSA) is 51.1 Å². The van der Waals surface area contributed by atoms with Gasteiger partial charge in [-0.3, -0.25) is 9.69 Å². The van der Waals surface area contributed by atoms with Gasteiger partial charge in [0.05, 0.1) is 17.7 Å². The van der Waals surface area contributed by atoms with E-state index in [1.165, 1.54) is 36.0 Å². The van der Waals surface area contributed by atoms with E-state index in [0.29, 0.717) is 40.2 Å². The van der Waals surface area contributed by atoms with E-state index in [0.717, 1.165) is 16.7 Å². The molecule has 3 aromatic carbocycles. The molecule has 0 unspecified atom stereocenters. The molecule has 3 aromatic rings. The summed E-state index contributed by atoms with van der Waals surface area (Å²) in [5.41, 5.74) is 2.98. The number of hydrogen-bond donors (Lipinski definition) is 0. The SMILES string of the molecule is C=CCc1cc(/C=C2/SC(=Nc3ccc(F)cc3)N(CC)C2=O)cc(OC)c1OCc1ccc(F)cc1. The molecular weight excluding hydrogens is 494 g/mol. The molecule has 1 aliphatic rings. The zero-order valence-electron chi connectivity index (χ0n) is 20.5. The number of aliphatic imine (C=N–C) groups is 1. The lowest BCUT2D eigenvalue weighted by atomic mass is 10.0. The quantitative estimate of drug-likeness (QED) is 0.227. The number of likely N-dealkylation sites (N-methyl/N-ethyl adjacent to an activating group) is 1. The number of thioether (sulfide) groups is 1. The second-order valence-electron chi connectivity index (χ2n) is 8.15. The van der Waals surface area contributed by atoms with Gasteiger partial charge in [-0.25, -0.2) is 13.8 Å². The van der Waals surface area contributed by atoms with E-state index in [1.807, 2.05) is 13.0 Å². The first-order valence-corrected chi connectivity index (χ1v) is 12.5. The Morgan fingerprint density at radius 3 is 2.35 bits per heavy atom. The van der Waals surface area contributed by atoms with Crippen LogP contribution in [-0.2, 0) is 17.8 Å². The van der Waals surface area contributed by atoms with Gasteiger partial charge in [-0.15, -0.1) is 6.58 Å². The molecule has 1 saturated heterocycles. The predicted molar refractivity (Wildman–Crippen MR) is 144 cm³/mol. The first kappa shape index (κ1) is 26.2. The van der Waals surface area contributed by atoms with Crippen molar-refractivity contribution in [1.29, 1.82) is 0 Å². The summed E-state index contributed by atoms with van der Waals surface area (Å²) in [6.07, 6.45) is 4.07. The van der Waals surface area contributed by atoms with E-state index in [2.05, 4.69) is 11.6 Å². The van der Waals surface area contributed by atoms with Gasteiger partial charge < -0.3 is 9.47 Å². The molecule has 1 amide bonds. The number of rotatable bonds is 9. The predicted octanol–water partition coefficient (Wildman–Crippen LogP) is 6.90. The molecule has 0 spiro atoms. The van der Waals surface area contributed by atoms with E-state index in [-0.39, 0.29) is 24.1 Å². The Labute approximate surface area is 219 Å². The molecule has 0 radical (unpaired) electrons. The Hall–Kier alpha value is -3.91. The van der Waals surface area contributed by atoms with Crippen molar-refractivity contribution in [2.24, 2.45) is 4.99 Å². The normalized spacial score (nSPS) is 15.5. The van der Waals surface area contributed by atoms with Crippen LogP contribution in [0, 0.1) is 11.6 Å². The van der Waals surface area contributed by atoms with Crippen LogP contribution in [0.3, 0.4) is 0 Å². The number of benzene rings is 3. The van der Waals surface area contributed by atoms with Crippen LogP contribution in [-0.4, -0.2) is 29.6 Å². The van der Waals surface area contributed by atoms with Crippen LogP contribution in [0.2, 0.25) is 0 Å². The third kappa shape index (κ3) is 6.27. The summed E-state index contributed by atoms with van der Waals surface area (Å²) in [6, 6.07) is 15.7. The molecule has 1 fully saturated rings. The summed E-state index contributed by atoms with van der Waals surface area (Å²) in [5, 5.41) is 0.530. The molecule has 190 valence electrons. The van der Waals surface area contributed by atoms with Crippen LogP contribution in [0.25, 0.3) is 6.08 Å². The van der Waals surface area contributed by atoms with Gasteiger partial charge in [0, 0.05) is 12.1 Å². The summed E-state index contributed by atoms with van der Waals surface area (Å²) in [4.78, 5) is 19.7. The minimum atomic E-state index is -0.346. The molecule has 8 heteroatoms. The van der Waals surface area contributed by atoms with Crippen LogP contribution in [0.4, 0.5) is 14.5 Å². The number of carbonyl (C=O) groups is 1. The van der Waals surface area contributed by atoms with Crippen molar-refractivity contribution in [2.75, 3.05) is 13.7 Å². The fourth-order valence-corrected chi connectivity index (χ4v) is 4.84. The van der Waals surface area contributed by atoms with E-state index in [1.54, 1.807) is 54.5 Å². The lowest BCUT2D eigenvalue weighted by molar-refractivity contribution is -0.122. The monoisotopic (exact) mass is 520 g/mol. The fraction of sp³-hybridized carbons (Fsp3) is 0.172. The molecule has 0 atom stereocenters. The maximum atomic E-state index is 13.3. The maximum absolute atomic E-state index is 13.3. The van der Waals surface area contributed by atoms with Crippen LogP contribution < -0.4 is 9.47 Å². The van der Waals surface area contributed by atoms with Crippen molar-refractivity contribution in [3.63, 3.8) is 0 Å². The van der Waals surface area contributed by atoms with Gasteiger partial charge in [0.1, 0.15) is 18.2 Å². The van der Waals surface area contributed by atoms with Gasteiger partial charge in [0.25, 0.3) is 5.91 Å². The molecule has 1 aliphatic heterocycles. The van der Waals surface area contributed by atoms with Crippen LogP contribution in [0.1, 0.15) is 23.6 Å². The van der Waals surface area contributed by atoms with Crippen LogP contribution in [0.5, 0.6) is 11.5 Å². The van der Waals surface area contributed by atoms with Crippen molar-refractivity contribution in [3.05, 3.63) is 107 Å². The highest BCUT2D eigenvalue weighted by Gasteiger charge is 2.32. The zero-order chi connectivity index (χ0) is 26.4. The molecule has 0 saturated carbocycles. The number of ether oxygens (including phenoxy) is 2. The molecule has 0 N–H and O–H groups in total. The Balaban J connectivity index is 1.64. The standard InChI is InChI=1S/C29H26F2N2O3S/c1-4-6-21-15-20(16-25(35-3)27(21)36-18-19-7-9-22(30)10-8-19)17-26-28(34)33(5-2)29(37-26)32-24-13-11-23(31)12-14-24/h4,7-17H,1,5-6,18H2,2-3H3/b26-17+,32-29?. The van der Waals surface area contributed by atoms with Gasteiger partial charge in [-0.05, 0) is 90.8 Å². The van der Waals surface area contributed by atoms with E-state index in [9.17, 15) is 13.6 Å². The van der Waals surface area contributed by atoms with Gasteiger partial charge in [0.15, 0.2) is 16.7 Å². The number of methoxy groups -OCH3 is 1. The van der Waals surface area contributed by atoms with Gasteiger partial charge in [-0.1, -0.05) is 18.2 Å². The molecule has 37 heavy (non-hydrogen) atoms. The summed E-state index contributed by atoms with van der Waals surface area (Å²) in [7, 11) is 1.55. The Morgan fingerprint density at radius 2 is 1.73 bits per heavy atom. The third-order valence-electron chi connectivity index (χ3n) is 5.59. The average molecular weight is 521 g/mol. The second-order valence-corrected chi connectivity index (χ2v) is 9.16. The Kier molecular flexibility index (Phi) is 8.40. The van der Waals surface area contributed by atoms with Gasteiger partial charge in [0.2, 0.25) is 0 Å². The summed E-state index contributed by atoms with van der Waals surface area (Å²) >= 11 is 1.26. The highest BCUT2D eigenvalue weighted by atomic mass is 32.2. The average Bonchev–Trinajstić information content (AvgIpc) is 3.18. The number of amides is 1. The third-order valence-corrected chi connectivity index (χ3v) is 6.59. The van der Waals surface area contributed by atoms with Crippen molar-refractivity contribution in [2.45, 2.75) is 20.0 Å². The van der Waals surface area contributed by atoms with Crippen molar-refractivity contribution in [3.8, 4) is 11.5 Å².